The van der Waals surface area contributed by atoms with E-state index in [0.29, 0.717) is 6.54 Å². The molecule has 2 unspecified atom stereocenters. The van der Waals surface area contributed by atoms with Gasteiger partial charge in [0.1, 0.15) is 18.3 Å². The number of carbonyl (C=O) groups excluding carboxylic acids is 1. The van der Waals surface area contributed by atoms with Gasteiger partial charge in [0, 0.05) is 24.7 Å². The fourth-order valence-electron chi connectivity index (χ4n) is 4.10. The third-order valence-electron chi connectivity index (χ3n) is 6.18. The summed E-state index contributed by atoms with van der Waals surface area (Å²) in [4.78, 5) is 42.1. The smallest absolute Gasteiger partial charge is 0.330 e. The Morgan fingerprint density at radius 3 is 2.50 bits per heavy atom. The predicted octanol–water partition coefficient (Wildman–Crippen LogP) is 0.934. The van der Waals surface area contributed by atoms with Crippen LogP contribution in [0.25, 0.3) is 0 Å². The number of Topliss-reactive ketones (excluding diaryl/α,β-unsaturated/α-hetero) is 1. The number of rotatable bonds is 5. The lowest BCUT2D eigenvalue weighted by Gasteiger charge is -2.39. The first-order valence-corrected chi connectivity index (χ1v) is 17.1. The van der Waals surface area contributed by atoms with Gasteiger partial charge in [0.25, 0.3) is 5.56 Å². The Balaban J connectivity index is 1.87. The fraction of sp³-hybridized carbons (Fsp3) is 0.762. The Morgan fingerprint density at radius 2 is 1.88 bits per heavy atom. The van der Waals surface area contributed by atoms with Crippen LogP contribution in [0.15, 0.2) is 15.8 Å². The lowest BCUT2D eigenvalue weighted by Crippen LogP contribution is -2.56. The number of aliphatic hydroxyl groups is 1. The molecule has 13 heteroatoms. The fourth-order valence-corrected chi connectivity index (χ4v) is 10.8. The number of aromatic nitrogens is 2. The Labute approximate surface area is 201 Å². The largest absolute Gasteiger partial charge is 0.415 e. The van der Waals surface area contributed by atoms with E-state index in [9.17, 15) is 19.5 Å². The highest BCUT2D eigenvalue weighted by atomic mass is 28.5. The minimum atomic E-state index is -2.66. The monoisotopic (exact) mass is 515 g/mol. The van der Waals surface area contributed by atoms with Crippen LogP contribution < -0.4 is 11.2 Å². The van der Waals surface area contributed by atoms with Gasteiger partial charge in [0.05, 0.1) is 12.2 Å². The van der Waals surface area contributed by atoms with Gasteiger partial charge in [0.2, 0.25) is 0 Å². The Kier molecular flexibility index (Phi) is 7.61. The molecule has 1 aromatic heterocycles. The zero-order valence-corrected chi connectivity index (χ0v) is 23.2. The van der Waals surface area contributed by atoms with E-state index in [4.69, 9.17) is 17.7 Å². The summed E-state index contributed by atoms with van der Waals surface area (Å²) in [5.74, 6) is -0.404. The summed E-state index contributed by atoms with van der Waals surface area (Å²) >= 11 is 0. The van der Waals surface area contributed by atoms with Crippen LogP contribution in [-0.2, 0) is 17.7 Å². The molecule has 3 heterocycles. The minimum Gasteiger partial charge on any atom is -0.415 e. The molecule has 0 aliphatic carbocycles. The number of ketones is 1. The maximum absolute atomic E-state index is 12.8. The predicted molar refractivity (Wildman–Crippen MR) is 129 cm³/mol. The second kappa shape index (κ2) is 9.54. The van der Waals surface area contributed by atoms with Crippen LogP contribution in [0.4, 0.5) is 0 Å². The lowest BCUT2D eigenvalue weighted by atomic mass is 10.1. The lowest BCUT2D eigenvalue weighted by molar-refractivity contribution is -0.0573. The third kappa shape index (κ3) is 6.02. The average Bonchev–Trinajstić information content (AvgIpc) is 2.97. The zero-order chi connectivity index (χ0) is 25.6. The Bertz CT molecular complexity index is 1030. The van der Waals surface area contributed by atoms with Crippen LogP contribution in [0.5, 0.6) is 0 Å². The highest BCUT2D eigenvalue weighted by Crippen LogP contribution is 2.35. The first-order valence-electron chi connectivity index (χ1n) is 11.5. The molecule has 34 heavy (non-hydrogen) atoms. The standard InChI is InChI=1S/C21H37N3O8Si2/c1-21(2,3)23(4)10-9-14(25)13-11-24(20(28)22-18(13)27)19-16(26)17-15(30-19)12-29-33(5,6)32-34(7,8)31-17/h11,15-17,19,26H,9-10,12H2,1-8H3,(H,22,27,28)/t15-,16?,17?,19-/m1/s1. The van der Waals surface area contributed by atoms with E-state index >= 15 is 0 Å². The summed E-state index contributed by atoms with van der Waals surface area (Å²) in [7, 11) is -3.22. The topological polar surface area (TPSA) is 132 Å². The van der Waals surface area contributed by atoms with E-state index in [0.717, 1.165) is 4.57 Å². The first kappa shape index (κ1) is 27.1. The van der Waals surface area contributed by atoms with Crippen molar-refractivity contribution in [2.45, 2.75) is 83.5 Å². The maximum Gasteiger partial charge on any atom is 0.330 e. The molecule has 3 rings (SSSR count). The number of carbonyl (C=O) groups is 1. The normalized spacial score (nSPS) is 28.9. The summed E-state index contributed by atoms with van der Waals surface area (Å²) < 4.78 is 25.3. The van der Waals surface area contributed by atoms with Crippen LogP contribution >= 0.6 is 0 Å². The van der Waals surface area contributed by atoms with E-state index in [1.165, 1.54) is 6.20 Å². The molecule has 0 saturated carbocycles. The van der Waals surface area contributed by atoms with Gasteiger partial charge in [-0.3, -0.25) is 19.1 Å². The van der Waals surface area contributed by atoms with Crippen molar-refractivity contribution in [2.75, 3.05) is 20.2 Å². The summed E-state index contributed by atoms with van der Waals surface area (Å²) in [5, 5.41) is 11.0. The summed E-state index contributed by atoms with van der Waals surface area (Å²) in [6.45, 7) is 14.2. The Morgan fingerprint density at radius 1 is 1.24 bits per heavy atom. The van der Waals surface area contributed by atoms with Crippen LogP contribution in [0, 0.1) is 0 Å². The summed E-state index contributed by atoms with van der Waals surface area (Å²) in [5.41, 5.74) is -1.85. The number of H-pyrrole nitrogens is 1. The number of hydrogen-bond acceptors (Lipinski definition) is 9. The van der Waals surface area contributed by atoms with Crippen LogP contribution in [0.2, 0.25) is 26.2 Å². The van der Waals surface area contributed by atoms with E-state index in [-0.39, 0.29) is 24.1 Å². The second-order valence-electron chi connectivity index (χ2n) is 10.8. The van der Waals surface area contributed by atoms with Crippen molar-refractivity contribution in [2.24, 2.45) is 0 Å². The second-order valence-corrected chi connectivity index (χ2v) is 17.8. The third-order valence-corrected chi connectivity index (χ3v) is 11.8. The quantitative estimate of drug-likeness (QED) is 0.434. The minimum absolute atomic E-state index is 0.0994. The van der Waals surface area contributed by atoms with E-state index in [1.54, 1.807) is 0 Å². The first-order chi connectivity index (χ1) is 15.5. The molecule has 2 fully saturated rings. The molecular weight excluding hydrogens is 478 g/mol. The number of nitrogens with zero attached hydrogens (tertiary/aromatic N) is 2. The molecule has 2 N–H and O–H groups in total. The van der Waals surface area contributed by atoms with E-state index < -0.39 is 58.7 Å². The molecule has 0 spiro atoms. The van der Waals surface area contributed by atoms with Crippen LogP contribution in [-0.4, -0.2) is 86.5 Å². The van der Waals surface area contributed by atoms with Gasteiger partial charge in [-0.05, 0) is 54.0 Å². The number of aliphatic hydroxyl groups excluding tert-OH is 1. The molecule has 0 radical (unpaired) electrons. The van der Waals surface area contributed by atoms with E-state index in [1.807, 2.05) is 58.9 Å². The zero-order valence-electron chi connectivity index (χ0n) is 21.2. The Hall–Kier alpha value is -1.46. The number of hydrogen-bond donors (Lipinski definition) is 2. The van der Waals surface area contributed by atoms with Crippen molar-refractivity contribution in [3.8, 4) is 0 Å². The van der Waals surface area contributed by atoms with Crippen LogP contribution in [0.1, 0.15) is 43.8 Å². The van der Waals surface area contributed by atoms with Gasteiger partial charge in [0.15, 0.2) is 12.0 Å². The molecule has 11 nitrogen and oxygen atoms in total. The summed E-state index contributed by atoms with van der Waals surface area (Å²) in [6.07, 6.45) is -2.53. The maximum atomic E-state index is 12.8. The van der Waals surface area contributed by atoms with Crippen molar-refractivity contribution in [1.29, 1.82) is 0 Å². The molecule has 0 amide bonds. The number of aromatic amines is 1. The van der Waals surface area contributed by atoms with E-state index in [2.05, 4.69) is 4.98 Å². The molecular formula is C21H37N3O8Si2. The van der Waals surface area contributed by atoms with Crippen molar-refractivity contribution in [3.05, 3.63) is 32.6 Å². The number of nitrogens with one attached hydrogen (secondary N) is 1. The SMILES string of the molecule is CN(CCC(=O)c1cn([C@@H]2O[C@@H]3CO[Si](C)(C)O[Si](C)(C)OC3C2O)c(=O)[nH]c1=O)C(C)(C)C. The van der Waals surface area contributed by atoms with Gasteiger partial charge in [-0.25, -0.2) is 4.79 Å². The van der Waals surface area contributed by atoms with Gasteiger partial charge in [-0.15, -0.1) is 0 Å². The van der Waals surface area contributed by atoms with Crippen molar-refractivity contribution < 1.29 is 27.6 Å². The highest BCUT2D eigenvalue weighted by Gasteiger charge is 2.52. The van der Waals surface area contributed by atoms with Gasteiger partial charge < -0.3 is 27.7 Å². The molecule has 4 atom stereocenters. The molecule has 2 saturated heterocycles. The number of fused-ring (bicyclic) bond motifs is 1. The molecule has 0 aromatic carbocycles. The van der Waals surface area contributed by atoms with Crippen molar-refractivity contribution in [1.82, 2.24) is 14.5 Å². The van der Waals surface area contributed by atoms with Gasteiger partial charge in [-0.2, -0.15) is 0 Å². The van der Waals surface area contributed by atoms with Crippen molar-refractivity contribution in [3.63, 3.8) is 0 Å². The van der Waals surface area contributed by atoms with Crippen LogP contribution in [0.3, 0.4) is 0 Å². The molecule has 2 aliphatic heterocycles. The van der Waals surface area contributed by atoms with Gasteiger partial charge >= 0.3 is 22.8 Å². The molecule has 0 bridgehead atoms. The van der Waals surface area contributed by atoms with Crippen molar-refractivity contribution >= 4 is 22.9 Å². The molecule has 2 aliphatic rings. The highest BCUT2D eigenvalue weighted by molar-refractivity contribution is 6.78. The number of ether oxygens (including phenoxy) is 1. The van der Waals surface area contributed by atoms with Gasteiger partial charge in [-0.1, -0.05) is 0 Å². The molecule has 1 aromatic rings. The average molecular weight is 516 g/mol. The summed E-state index contributed by atoms with van der Waals surface area (Å²) in [6, 6.07) is 0. The molecule has 192 valence electrons.